The molecule has 21 heavy (non-hydrogen) atoms. The molecular formula is C18H25NO2. The fourth-order valence-corrected chi connectivity index (χ4v) is 3.92. The molecule has 1 aliphatic carbocycles. The standard InChI is InChI=1S/C18H25NO2/c1-2-3-13-4-6-14(7-5-13)11-19-12-15-8-9-16(20)10-17(15)18(19)21/h8-10,13-14,20H,2-7,11-12H2,1H3/t13-,14-. The van der Waals surface area contributed by atoms with E-state index in [1.54, 1.807) is 12.1 Å². The molecule has 1 fully saturated rings. The maximum Gasteiger partial charge on any atom is 0.254 e. The van der Waals surface area contributed by atoms with Crippen molar-refractivity contribution in [3.05, 3.63) is 29.3 Å². The van der Waals surface area contributed by atoms with Gasteiger partial charge in [0.25, 0.3) is 5.91 Å². The van der Waals surface area contributed by atoms with Crippen LogP contribution in [-0.4, -0.2) is 22.5 Å². The van der Waals surface area contributed by atoms with Gasteiger partial charge >= 0.3 is 0 Å². The molecule has 3 heteroatoms. The van der Waals surface area contributed by atoms with E-state index in [0.717, 1.165) is 18.0 Å². The zero-order chi connectivity index (χ0) is 14.8. The summed E-state index contributed by atoms with van der Waals surface area (Å²) in [6, 6.07) is 5.15. The first kappa shape index (κ1) is 14.4. The molecule has 3 nitrogen and oxygen atoms in total. The van der Waals surface area contributed by atoms with E-state index >= 15 is 0 Å². The van der Waals surface area contributed by atoms with Crippen molar-refractivity contribution in [2.24, 2.45) is 11.8 Å². The Labute approximate surface area is 127 Å². The minimum absolute atomic E-state index is 0.0941. The predicted octanol–water partition coefficient (Wildman–Crippen LogP) is 3.95. The first-order chi connectivity index (χ1) is 10.2. The van der Waals surface area contributed by atoms with Crippen molar-refractivity contribution in [1.82, 2.24) is 4.90 Å². The van der Waals surface area contributed by atoms with Gasteiger partial charge in [-0.05, 0) is 42.4 Å². The summed E-state index contributed by atoms with van der Waals surface area (Å²) in [7, 11) is 0. The summed E-state index contributed by atoms with van der Waals surface area (Å²) in [5.41, 5.74) is 1.74. The first-order valence-electron chi connectivity index (χ1n) is 8.28. The Morgan fingerprint density at radius 3 is 2.62 bits per heavy atom. The molecule has 0 radical (unpaired) electrons. The first-order valence-corrected chi connectivity index (χ1v) is 8.28. The van der Waals surface area contributed by atoms with E-state index in [1.807, 2.05) is 11.0 Å². The third kappa shape index (κ3) is 3.07. The quantitative estimate of drug-likeness (QED) is 0.910. The average molecular weight is 287 g/mol. The highest BCUT2D eigenvalue weighted by Crippen LogP contribution is 2.34. The Morgan fingerprint density at radius 1 is 1.19 bits per heavy atom. The zero-order valence-electron chi connectivity index (χ0n) is 12.8. The van der Waals surface area contributed by atoms with E-state index < -0.39 is 0 Å². The molecule has 0 unspecified atom stereocenters. The van der Waals surface area contributed by atoms with Gasteiger partial charge in [0, 0.05) is 18.7 Å². The van der Waals surface area contributed by atoms with Crippen LogP contribution in [0, 0.1) is 11.8 Å². The van der Waals surface area contributed by atoms with Gasteiger partial charge in [-0.2, -0.15) is 0 Å². The van der Waals surface area contributed by atoms with Gasteiger partial charge in [-0.3, -0.25) is 4.79 Å². The molecule has 1 N–H and O–H groups in total. The molecule has 114 valence electrons. The number of nitrogens with zero attached hydrogens (tertiary/aromatic N) is 1. The van der Waals surface area contributed by atoms with Crippen molar-refractivity contribution < 1.29 is 9.90 Å². The van der Waals surface area contributed by atoms with Gasteiger partial charge in [-0.15, -0.1) is 0 Å². The summed E-state index contributed by atoms with van der Waals surface area (Å²) < 4.78 is 0. The molecule has 2 aliphatic rings. The van der Waals surface area contributed by atoms with Crippen molar-refractivity contribution in [1.29, 1.82) is 0 Å². The highest BCUT2D eigenvalue weighted by atomic mass is 16.3. The van der Waals surface area contributed by atoms with Crippen LogP contribution in [0.25, 0.3) is 0 Å². The largest absolute Gasteiger partial charge is 0.508 e. The smallest absolute Gasteiger partial charge is 0.254 e. The third-order valence-corrected chi connectivity index (χ3v) is 5.11. The van der Waals surface area contributed by atoms with Gasteiger partial charge < -0.3 is 10.0 Å². The number of carbonyl (C=O) groups excluding carboxylic acids is 1. The van der Waals surface area contributed by atoms with Crippen LogP contribution in [0.5, 0.6) is 5.75 Å². The fourth-order valence-electron chi connectivity index (χ4n) is 3.92. The van der Waals surface area contributed by atoms with Crippen molar-refractivity contribution in [3.63, 3.8) is 0 Å². The van der Waals surface area contributed by atoms with Crippen LogP contribution in [-0.2, 0) is 6.54 Å². The summed E-state index contributed by atoms with van der Waals surface area (Å²) in [5.74, 6) is 1.85. The van der Waals surface area contributed by atoms with E-state index in [0.29, 0.717) is 18.0 Å². The minimum Gasteiger partial charge on any atom is -0.508 e. The van der Waals surface area contributed by atoms with Gasteiger partial charge in [0.1, 0.15) is 5.75 Å². The van der Waals surface area contributed by atoms with E-state index in [1.165, 1.54) is 38.5 Å². The number of rotatable bonds is 4. The lowest BCUT2D eigenvalue weighted by Gasteiger charge is -2.31. The van der Waals surface area contributed by atoms with Gasteiger partial charge in [-0.25, -0.2) is 0 Å². The number of aromatic hydroxyl groups is 1. The summed E-state index contributed by atoms with van der Waals surface area (Å²) in [5, 5.41) is 9.53. The highest BCUT2D eigenvalue weighted by Gasteiger charge is 2.30. The van der Waals surface area contributed by atoms with E-state index in [9.17, 15) is 9.90 Å². The molecule has 1 aromatic carbocycles. The van der Waals surface area contributed by atoms with Gasteiger partial charge in [-0.1, -0.05) is 38.7 Å². The number of hydrogen-bond donors (Lipinski definition) is 1. The van der Waals surface area contributed by atoms with Crippen LogP contribution in [0.1, 0.15) is 61.4 Å². The maximum atomic E-state index is 12.4. The van der Waals surface area contributed by atoms with E-state index in [4.69, 9.17) is 0 Å². The number of phenolic OH excluding ortho intramolecular Hbond substituents is 1. The van der Waals surface area contributed by atoms with Gasteiger partial charge in [0.15, 0.2) is 0 Å². The number of fused-ring (bicyclic) bond motifs is 1. The summed E-state index contributed by atoms with van der Waals surface area (Å²) in [6.45, 7) is 3.86. The van der Waals surface area contributed by atoms with E-state index in [-0.39, 0.29) is 11.7 Å². The Morgan fingerprint density at radius 2 is 1.90 bits per heavy atom. The SMILES string of the molecule is CCC[C@H]1CC[C@H](CN2Cc3ccc(O)cc3C2=O)CC1. The molecular weight excluding hydrogens is 262 g/mol. The lowest BCUT2D eigenvalue weighted by atomic mass is 9.80. The molecule has 0 spiro atoms. The topological polar surface area (TPSA) is 40.5 Å². The predicted molar refractivity (Wildman–Crippen MR) is 83.2 cm³/mol. The second kappa shape index (κ2) is 6.08. The number of carbonyl (C=O) groups is 1. The van der Waals surface area contributed by atoms with Crippen LogP contribution < -0.4 is 0 Å². The Hall–Kier alpha value is -1.51. The summed E-state index contributed by atoms with van der Waals surface area (Å²) in [6.07, 6.45) is 7.83. The third-order valence-electron chi connectivity index (χ3n) is 5.11. The zero-order valence-corrected chi connectivity index (χ0v) is 12.8. The van der Waals surface area contributed by atoms with Gasteiger partial charge in [0.2, 0.25) is 0 Å². The molecule has 0 atom stereocenters. The normalized spacial score (nSPS) is 25.2. The van der Waals surface area contributed by atoms with Crippen molar-refractivity contribution in [2.75, 3.05) is 6.54 Å². The van der Waals surface area contributed by atoms with Crippen LogP contribution in [0.15, 0.2) is 18.2 Å². The molecule has 1 saturated carbocycles. The van der Waals surface area contributed by atoms with Crippen LogP contribution >= 0.6 is 0 Å². The number of amides is 1. The fraction of sp³-hybridized carbons (Fsp3) is 0.611. The Bertz CT molecular complexity index is 518. The molecule has 0 bridgehead atoms. The Kier molecular flexibility index (Phi) is 4.18. The maximum absolute atomic E-state index is 12.4. The summed E-state index contributed by atoms with van der Waals surface area (Å²) in [4.78, 5) is 14.4. The van der Waals surface area contributed by atoms with Crippen molar-refractivity contribution in [2.45, 2.75) is 52.0 Å². The minimum atomic E-state index is 0.0941. The number of phenols is 1. The van der Waals surface area contributed by atoms with Gasteiger partial charge in [0.05, 0.1) is 0 Å². The molecule has 1 aromatic rings. The van der Waals surface area contributed by atoms with Crippen LogP contribution in [0.4, 0.5) is 0 Å². The monoisotopic (exact) mass is 287 g/mol. The van der Waals surface area contributed by atoms with E-state index in [2.05, 4.69) is 6.92 Å². The lowest BCUT2D eigenvalue weighted by molar-refractivity contribution is 0.0728. The second-order valence-corrected chi connectivity index (χ2v) is 6.70. The molecule has 0 saturated heterocycles. The molecule has 3 rings (SSSR count). The van der Waals surface area contributed by atoms with Crippen molar-refractivity contribution >= 4 is 5.91 Å². The van der Waals surface area contributed by atoms with Crippen molar-refractivity contribution in [3.8, 4) is 5.75 Å². The van der Waals surface area contributed by atoms with Crippen LogP contribution in [0.3, 0.4) is 0 Å². The number of benzene rings is 1. The Balaban J connectivity index is 1.57. The summed E-state index contributed by atoms with van der Waals surface area (Å²) >= 11 is 0. The number of hydrogen-bond acceptors (Lipinski definition) is 2. The highest BCUT2D eigenvalue weighted by molar-refractivity contribution is 5.98. The van der Waals surface area contributed by atoms with Crippen LogP contribution in [0.2, 0.25) is 0 Å². The lowest BCUT2D eigenvalue weighted by Crippen LogP contribution is -2.31. The molecule has 1 aliphatic heterocycles. The second-order valence-electron chi connectivity index (χ2n) is 6.70. The molecule has 0 aromatic heterocycles. The molecule has 1 amide bonds. The average Bonchev–Trinajstić information content (AvgIpc) is 2.78. The molecule has 1 heterocycles.